The van der Waals surface area contributed by atoms with Crippen molar-refractivity contribution in [3.63, 3.8) is 0 Å². The number of ether oxygens (including phenoxy) is 1. The van der Waals surface area contributed by atoms with E-state index in [0.29, 0.717) is 24.6 Å². The van der Waals surface area contributed by atoms with Crippen LogP contribution in [0.3, 0.4) is 0 Å². The van der Waals surface area contributed by atoms with Crippen molar-refractivity contribution in [2.24, 2.45) is 0 Å². The number of thioether (sulfide) groups is 1. The van der Waals surface area contributed by atoms with Gasteiger partial charge in [0.15, 0.2) is 5.16 Å². The molecule has 0 spiro atoms. The highest BCUT2D eigenvalue weighted by atomic mass is 32.2. The molecule has 0 bridgehead atoms. The summed E-state index contributed by atoms with van der Waals surface area (Å²) in [5.74, 6) is 1.33. The summed E-state index contributed by atoms with van der Waals surface area (Å²) < 4.78 is 9.18. The molecule has 3 aromatic heterocycles. The van der Waals surface area contributed by atoms with Gasteiger partial charge in [0.05, 0.1) is 24.6 Å². The maximum absolute atomic E-state index is 12.5. The minimum Gasteiger partial charge on any atom is -0.378 e. The van der Waals surface area contributed by atoms with Gasteiger partial charge in [0.1, 0.15) is 5.65 Å². The van der Waals surface area contributed by atoms with Crippen LogP contribution in [0.5, 0.6) is 0 Å². The molecule has 1 aromatic carbocycles. The third kappa shape index (κ3) is 4.01. The maximum atomic E-state index is 12.5. The number of nitrogens with zero attached hydrogens (tertiary/aromatic N) is 6. The molecule has 0 saturated carbocycles. The van der Waals surface area contributed by atoms with Crippen LogP contribution in [0.1, 0.15) is 16.8 Å². The second-order valence-electron chi connectivity index (χ2n) is 7.81. The number of anilines is 1. The first-order valence-electron chi connectivity index (χ1n) is 10.6. The van der Waals surface area contributed by atoms with Crippen LogP contribution in [-0.4, -0.2) is 50.5 Å². The summed E-state index contributed by atoms with van der Waals surface area (Å²) in [5, 5.41) is 9.80. The van der Waals surface area contributed by atoms with Crippen LogP contribution in [0.15, 0.2) is 58.6 Å². The number of aromatic nitrogens is 5. The highest BCUT2D eigenvalue weighted by Gasteiger charge is 2.22. The van der Waals surface area contributed by atoms with Crippen LogP contribution in [0, 0.1) is 13.8 Å². The number of hydrogen-bond donors (Lipinski definition) is 0. The molecule has 8 nitrogen and oxygen atoms in total. The fourth-order valence-corrected chi connectivity index (χ4v) is 4.65. The Hall–Kier alpha value is -3.17. The first-order chi connectivity index (χ1) is 15.6. The summed E-state index contributed by atoms with van der Waals surface area (Å²) in [6, 6.07) is 13.6. The number of morpholine rings is 1. The Morgan fingerprint density at radius 2 is 1.88 bits per heavy atom. The summed E-state index contributed by atoms with van der Waals surface area (Å²) in [6.07, 6.45) is 1.76. The number of rotatable bonds is 5. The van der Waals surface area contributed by atoms with Crippen molar-refractivity contribution in [3.05, 3.63) is 75.8 Å². The lowest BCUT2D eigenvalue weighted by molar-refractivity contribution is 0.122. The average Bonchev–Trinajstić information content (AvgIpc) is 3.22. The van der Waals surface area contributed by atoms with Gasteiger partial charge in [-0.2, -0.15) is 0 Å². The highest BCUT2D eigenvalue weighted by Crippen LogP contribution is 2.30. The molecular weight excluding hydrogens is 424 g/mol. The SMILES string of the molecule is Cc1ccn2c(=O)cc(CSc3nnc(N4CCOCC4)n3-c3ccccc3C)nc2c1. The summed E-state index contributed by atoms with van der Waals surface area (Å²) in [6.45, 7) is 6.97. The Bertz CT molecular complexity index is 1330. The minimum atomic E-state index is -0.0834. The van der Waals surface area contributed by atoms with E-state index in [1.54, 1.807) is 16.7 Å². The van der Waals surface area contributed by atoms with Crippen molar-refractivity contribution in [2.45, 2.75) is 24.8 Å². The standard InChI is InChI=1S/C23H24N6O2S/c1-16-7-8-28-20(13-16)24-18(14-21(28)30)15-32-23-26-25-22(27-9-11-31-12-10-27)29(23)19-6-4-3-5-17(19)2/h3-8,13-14H,9-12,15H2,1-2H3. The van der Waals surface area contributed by atoms with Crippen molar-refractivity contribution in [2.75, 3.05) is 31.2 Å². The smallest absolute Gasteiger partial charge is 0.258 e. The highest BCUT2D eigenvalue weighted by molar-refractivity contribution is 7.98. The van der Waals surface area contributed by atoms with Gasteiger partial charge in [-0.15, -0.1) is 10.2 Å². The molecule has 1 fully saturated rings. The zero-order valence-corrected chi connectivity index (χ0v) is 18.9. The molecule has 0 atom stereocenters. The molecular formula is C23H24N6O2S. The summed E-state index contributed by atoms with van der Waals surface area (Å²) in [5.41, 5.74) is 4.54. The topological polar surface area (TPSA) is 77.5 Å². The summed E-state index contributed by atoms with van der Waals surface area (Å²) in [7, 11) is 0. The predicted octanol–water partition coefficient (Wildman–Crippen LogP) is 3.02. The molecule has 4 aromatic rings. The molecule has 4 heterocycles. The first kappa shape index (κ1) is 20.7. The molecule has 32 heavy (non-hydrogen) atoms. The molecule has 0 unspecified atom stereocenters. The zero-order chi connectivity index (χ0) is 22.1. The van der Waals surface area contributed by atoms with E-state index in [-0.39, 0.29) is 5.56 Å². The fourth-order valence-electron chi connectivity index (χ4n) is 3.82. The fraction of sp³-hybridized carbons (Fsp3) is 0.304. The van der Waals surface area contributed by atoms with Crippen LogP contribution >= 0.6 is 11.8 Å². The van der Waals surface area contributed by atoms with Crippen molar-refractivity contribution < 1.29 is 4.74 Å². The van der Waals surface area contributed by atoms with Gasteiger partial charge in [-0.1, -0.05) is 30.0 Å². The molecule has 0 aliphatic carbocycles. The summed E-state index contributed by atoms with van der Waals surface area (Å²) in [4.78, 5) is 19.4. The second-order valence-corrected chi connectivity index (χ2v) is 8.75. The lowest BCUT2D eigenvalue weighted by atomic mass is 10.2. The Kier molecular flexibility index (Phi) is 5.67. The monoisotopic (exact) mass is 448 g/mol. The lowest BCUT2D eigenvalue weighted by Gasteiger charge is -2.28. The number of fused-ring (bicyclic) bond motifs is 1. The van der Waals surface area contributed by atoms with Crippen LogP contribution in [0.25, 0.3) is 11.3 Å². The molecule has 1 aliphatic heterocycles. The van der Waals surface area contributed by atoms with Gasteiger partial charge in [-0.05, 0) is 43.2 Å². The number of para-hydroxylation sites is 1. The second kappa shape index (κ2) is 8.76. The molecule has 0 amide bonds. The van der Waals surface area contributed by atoms with Gasteiger partial charge in [0, 0.05) is 31.1 Å². The first-order valence-corrected chi connectivity index (χ1v) is 11.5. The molecule has 0 radical (unpaired) electrons. The van der Waals surface area contributed by atoms with E-state index < -0.39 is 0 Å². The number of hydrogen-bond acceptors (Lipinski definition) is 7. The van der Waals surface area contributed by atoms with Gasteiger partial charge in [0.25, 0.3) is 5.56 Å². The van der Waals surface area contributed by atoms with Gasteiger partial charge in [0.2, 0.25) is 5.95 Å². The van der Waals surface area contributed by atoms with E-state index in [1.165, 1.54) is 11.8 Å². The van der Waals surface area contributed by atoms with E-state index in [9.17, 15) is 4.79 Å². The maximum Gasteiger partial charge on any atom is 0.258 e. The Morgan fingerprint density at radius 1 is 1.06 bits per heavy atom. The average molecular weight is 449 g/mol. The molecule has 164 valence electrons. The largest absolute Gasteiger partial charge is 0.378 e. The van der Waals surface area contributed by atoms with Gasteiger partial charge in [-0.25, -0.2) is 4.98 Å². The third-order valence-corrected chi connectivity index (χ3v) is 6.45. The molecule has 9 heteroatoms. The molecule has 0 N–H and O–H groups in total. The van der Waals surface area contributed by atoms with Crippen molar-refractivity contribution in [1.82, 2.24) is 24.1 Å². The molecule has 1 aliphatic rings. The Balaban J connectivity index is 1.50. The van der Waals surface area contributed by atoms with Crippen LogP contribution in [0.4, 0.5) is 5.95 Å². The number of aryl methyl sites for hydroxylation is 2. The van der Waals surface area contributed by atoms with Crippen molar-refractivity contribution in [3.8, 4) is 5.69 Å². The minimum absolute atomic E-state index is 0.0834. The van der Waals surface area contributed by atoms with E-state index in [4.69, 9.17) is 4.74 Å². The van der Waals surface area contributed by atoms with Crippen molar-refractivity contribution in [1.29, 1.82) is 0 Å². The quantitative estimate of drug-likeness (QED) is 0.434. The summed E-state index contributed by atoms with van der Waals surface area (Å²) >= 11 is 1.53. The van der Waals surface area contributed by atoms with E-state index in [2.05, 4.69) is 43.7 Å². The number of benzene rings is 1. The zero-order valence-electron chi connectivity index (χ0n) is 18.1. The van der Waals surface area contributed by atoms with E-state index in [1.807, 2.05) is 31.2 Å². The van der Waals surface area contributed by atoms with Crippen LogP contribution < -0.4 is 10.5 Å². The van der Waals surface area contributed by atoms with E-state index >= 15 is 0 Å². The lowest BCUT2D eigenvalue weighted by Crippen LogP contribution is -2.38. The van der Waals surface area contributed by atoms with Gasteiger partial charge in [-0.3, -0.25) is 13.8 Å². The van der Waals surface area contributed by atoms with Crippen LogP contribution in [-0.2, 0) is 10.5 Å². The predicted molar refractivity (Wildman–Crippen MR) is 125 cm³/mol. The van der Waals surface area contributed by atoms with Gasteiger partial charge >= 0.3 is 0 Å². The Labute approximate surface area is 189 Å². The Morgan fingerprint density at radius 3 is 2.69 bits per heavy atom. The normalized spacial score (nSPS) is 14.2. The molecule has 5 rings (SSSR count). The van der Waals surface area contributed by atoms with Crippen LogP contribution in [0.2, 0.25) is 0 Å². The third-order valence-electron chi connectivity index (χ3n) is 5.49. The molecule has 1 saturated heterocycles. The number of pyridine rings is 1. The van der Waals surface area contributed by atoms with E-state index in [0.717, 1.165) is 46.7 Å². The van der Waals surface area contributed by atoms with Gasteiger partial charge < -0.3 is 9.64 Å². The van der Waals surface area contributed by atoms with Crippen molar-refractivity contribution >= 4 is 23.4 Å².